The number of anilines is 2. The summed E-state index contributed by atoms with van der Waals surface area (Å²) < 4.78 is 0. The number of carbonyl (C=O) groups excluding carboxylic acids is 1. The predicted molar refractivity (Wildman–Crippen MR) is 71.1 cm³/mol. The van der Waals surface area contributed by atoms with Crippen molar-refractivity contribution in [2.24, 2.45) is 0 Å². The second-order valence-corrected chi connectivity index (χ2v) is 4.25. The van der Waals surface area contributed by atoms with E-state index in [1.54, 1.807) is 30.9 Å². The van der Waals surface area contributed by atoms with E-state index in [9.17, 15) is 4.79 Å². The van der Waals surface area contributed by atoms with Gasteiger partial charge >= 0.3 is 0 Å². The summed E-state index contributed by atoms with van der Waals surface area (Å²) in [4.78, 5) is 27.0. The van der Waals surface area contributed by atoms with Crippen LogP contribution in [0.1, 0.15) is 6.92 Å². The summed E-state index contributed by atoms with van der Waals surface area (Å²) in [7, 11) is 5.33. The highest BCUT2D eigenvalue weighted by molar-refractivity contribution is 6.28. The Balaban J connectivity index is 2.85. The number of carbonyl (C=O) groups is 1. The normalized spacial score (nSPS) is 10.1. The Morgan fingerprint density at radius 3 is 2.39 bits per heavy atom. The van der Waals surface area contributed by atoms with Gasteiger partial charge in [0, 0.05) is 27.7 Å². The smallest absolute Gasteiger partial charge is 0.239 e. The van der Waals surface area contributed by atoms with Crippen LogP contribution in [0.2, 0.25) is 5.28 Å². The van der Waals surface area contributed by atoms with Crippen molar-refractivity contribution in [1.29, 1.82) is 0 Å². The molecule has 18 heavy (non-hydrogen) atoms. The minimum Gasteiger partial charge on any atom is -0.355 e. The van der Waals surface area contributed by atoms with Gasteiger partial charge in [-0.15, -0.1) is 0 Å². The van der Waals surface area contributed by atoms with Crippen LogP contribution in [0.25, 0.3) is 0 Å². The van der Waals surface area contributed by atoms with E-state index in [0.717, 1.165) is 0 Å². The van der Waals surface area contributed by atoms with Crippen molar-refractivity contribution >= 4 is 29.4 Å². The zero-order valence-electron chi connectivity index (χ0n) is 10.9. The SMILES string of the molecule is CCNC(=O)CN(C)c1nc(Cl)nc(N(C)C)n1. The van der Waals surface area contributed by atoms with Crippen LogP contribution in [-0.4, -0.2) is 55.1 Å². The van der Waals surface area contributed by atoms with Crippen molar-refractivity contribution < 1.29 is 4.79 Å². The van der Waals surface area contributed by atoms with Crippen LogP contribution in [0, 0.1) is 0 Å². The molecule has 0 bridgehead atoms. The van der Waals surface area contributed by atoms with E-state index in [2.05, 4.69) is 20.3 Å². The Labute approximate surface area is 111 Å². The maximum absolute atomic E-state index is 11.5. The fourth-order valence-corrected chi connectivity index (χ4v) is 1.39. The molecule has 100 valence electrons. The summed E-state index contributed by atoms with van der Waals surface area (Å²) >= 11 is 5.82. The monoisotopic (exact) mass is 272 g/mol. The van der Waals surface area contributed by atoms with Gasteiger partial charge in [-0.1, -0.05) is 0 Å². The summed E-state index contributed by atoms with van der Waals surface area (Å²) in [5, 5.41) is 2.81. The van der Waals surface area contributed by atoms with Gasteiger partial charge in [-0.05, 0) is 18.5 Å². The van der Waals surface area contributed by atoms with Crippen molar-refractivity contribution in [2.45, 2.75) is 6.92 Å². The molecule has 0 radical (unpaired) electrons. The number of nitrogens with one attached hydrogen (secondary N) is 1. The van der Waals surface area contributed by atoms with Gasteiger partial charge in [-0.3, -0.25) is 4.79 Å². The molecular formula is C10H17ClN6O. The first-order valence-corrected chi connectivity index (χ1v) is 5.88. The van der Waals surface area contributed by atoms with E-state index >= 15 is 0 Å². The molecule has 1 aromatic rings. The molecule has 0 aromatic carbocycles. The van der Waals surface area contributed by atoms with E-state index in [1.165, 1.54) is 0 Å². The lowest BCUT2D eigenvalue weighted by Gasteiger charge is -2.18. The molecular weight excluding hydrogens is 256 g/mol. The molecule has 1 amide bonds. The number of nitrogens with zero attached hydrogens (tertiary/aromatic N) is 5. The lowest BCUT2D eigenvalue weighted by atomic mass is 10.5. The van der Waals surface area contributed by atoms with Crippen LogP contribution in [0.4, 0.5) is 11.9 Å². The van der Waals surface area contributed by atoms with Gasteiger partial charge in [0.2, 0.25) is 23.1 Å². The highest BCUT2D eigenvalue weighted by Crippen LogP contribution is 2.13. The van der Waals surface area contributed by atoms with Gasteiger partial charge in [0.1, 0.15) is 0 Å². The molecule has 0 saturated heterocycles. The summed E-state index contributed by atoms with van der Waals surface area (Å²) in [6.45, 7) is 2.62. The molecule has 0 unspecified atom stereocenters. The molecule has 0 spiro atoms. The average molecular weight is 273 g/mol. The lowest BCUT2D eigenvalue weighted by molar-refractivity contribution is -0.119. The number of amides is 1. The molecule has 0 atom stereocenters. The van der Waals surface area contributed by atoms with E-state index in [-0.39, 0.29) is 17.7 Å². The molecule has 1 aromatic heterocycles. The molecule has 1 heterocycles. The average Bonchev–Trinajstić information content (AvgIpc) is 2.28. The van der Waals surface area contributed by atoms with Crippen LogP contribution in [-0.2, 0) is 4.79 Å². The Hall–Kier alpha value is -1.63. The van der Waals surface area contributed by atoms with Gasteiger partial charge in [0.05, 0.1) is 6.54 Å². The highest BCUT2D eigenvalue weighted by atomic mass is 35.5. The van der Waals surface area contributed by atoms with Crippen molar-refractivity contribution in [2.75, 3.05) is 44.0 Å². The summed E-state index contributed by atoms with van der Waals surface area (Å²) in [5.74, 6) is 0.723. The van der Waals surface area contributed by atoms with Crippen molar-refractivity contribution in [3.8, 4) is 0 Å². The summed E-state index contributed by atoms with van der Waals surface area (Å²) in [5.41, 5.74) is 0. The minimum atomic E-state index is -0.0945. The van der Waals surface area contributed by atoms with E-state index < -0.39 is 0 Å². The fourth-order valence-electron chi connectivity index (χ4n) is 1.24. The first-order valence-electron chi connectivity index (χ1n) is 5.50. The molecule has 0 saturated carbocycles. The van der Waals surface area contributed by atoms with Crippen LogP contribution in [0.3, 0.4) is 0 Å². The van der Waals surface area contributed by atoms with Crippen LogP contribution >= 0.6 is 11.6 Å². The van der Waals surface area contributed by atoms with Crippen LogP contribution < -0.4 is 15.1 Å². The number of hydrogen-bond acceptors (Lipinski definition) is 6. The van der Waals surface area contributed by atoms with E-state index in [0.29, 0.717) is 18.4 Å². The third-order valence-corrected chi connectivity index (χ3v) is 2.25. The van der Waals surface area contributed by atoms with Gasteiger partial charge in [-0.2, -0.15) is 15.0 Å². The standard InChI is InChI=1S/C10H17ClN6O/c1-5-12-7(18)6-17(4)10-14-8(11)13-9(15-10)16(2)3/h5-6H2,1-4H3,(H,12,18). The minimum absolute atomic E-state index is 0.0945. The zero-order valence-corrected chi connectivity index (χ0v) is 11.7. The summed E-state index contributed by atoms with van der Waals surface area (Å²) in [6, 6.07) is 0. The van der Waals surface area contributed by atoms with Crippen LogP contribution in [0.5, 0.6) is 0 Å². The molecule has 1 rings (SSSR count). The Kier molecular flexibility index (Phi) is 5.08. The van der Waals surface area contributed by atoms with Gasteiger partial charge in [-0.25, -0.2) is 0 Å². The molecule has 8 heteroatoms. The van der Waals surface area contributed by atoms with Crippen molar-refractivity contribution in [3.05, 3.63) is 5.28 Å². The Bertz CT molecular complexity index is 425. The number of halogens is 1. The Morgan fingerprint density at radius 1 is 1.22 bits per heavy atom. The maximum atomic E-state index is 11.5. The lowest BCUT2D eigenvalue weighted by Crippen LogP contribution is -2.36. The predicted octanol–water partition coefficient (Wildman–Crippen LogP) is 0.163. The fraction of sp³-hybridized carbons (Fsp3) is 0.600. The molecule has 0 fully saturated rings. The quantitative estimate of drug-likeness (QED) is 0.823. The van der Waals surface area contributed by atoms with Gasteiger partial charge in [0.15, 0.2) is 0 Å². The number of hydrogen-bond donors (Lipinski definition) is 1. The molecule has 0 aliphatic heterocycles. The molecule has 7 nitrogen and oxygen atoms in total. The topological polar surface area (TPSA) is 74.2 Å². The maximum Gasteiger partial charge on any atom is 0.239 e. The number of aromatic nitrogens is 3. The number of rotatable bonds is 5. The van der Waals surface area contributed by atoms with Crippen molar-refractivity contribution in [3.63, 3.8) is 0 Å². The third kappa shape index (κ3) is 3.99. The zero-order chi connectivity index (χ0) is 13.7. The Morgan fingerprint density at radius 2 is 1.83 bits per heavy atom. The first kappa shape index (κ1) is 14.4. The second kappa shape index (κ2) is 6.34. The first-order chi connectivity index (χ1) is 8.43. The van der Waals surface area contributed by atoms with Gasteiger partial charge in [0.25, 0.3) is 0 Å². The third-order valence-electron chi connectivity index (χ3n) is 2.08. The van der Waals surface area contributed by atoms with E-state index in [4.69, 9.17) is 11.6 Å². The van der Waals surface area contributed by atoms with Crippen LogP contribution in [0.15, 0.2) is 0 Å². The summed E-state index contributed by atoms with van der Waals surface area (Å²) in [6.07, 6.45) is 0. The largest absolute Gasteiger partial charge is 0.355 e. The molecule has 0 aliphatic rings. The van der Waals surface area contributed by atoms with E-state index in [1.807, 2.05) is 6.92 Å². The highest BCUT2D eigenvalue weighted by Gasteiger charge is 2.13. The van der Waals surface area contributed by atoms with Crippen molar-refractivity contribution in [1.82, 2.24) is 20.3 Å². The van der Waals surface area contributed by atoms with Gasteiger partial charge < -0.3 is 15.1 Å². The molecule has 0 aliphatic carbocycles. The molecule has 1 N–H and O–H groups in total. The number of likely N-dealkylation sites (N-methyl/N-ethyl adjacent to an activating group) is 2. The second-order valence-electron chi connectivity index (χ2n) is 3.91.